The summed E-state index contributed by atoms with van der Waals surface area (Å²) < 4.78 is 11.2. The minimum absolute atomic E-state index is 0.146. The second-order valence-corrected chi connectivity index (χ2v) is 9.42. The van der Waals surface area contributed by atoms with Crippen molar-refractivity contribution < 1.29 is 14.3 Å². The van der Waals surface area contributed by atoms with E-state index in [-0.39, 0.29) is 5.97 Å². The van der Waals surface area contributed by atoms with E-state index in [2.05, 4.69) is 6.92 Å². The Bertz CT molecular complexity index is 739. The molecule has 0 aromatic heterocycles. The van der Waals surface area contributed by atoms with Crippen LogP contribution in [0.3, 0.4) is 0 Å². The lowest BCUT2D eigenvalue weighted by molar-refractivity contribution is -0.134. The van der Waals surface area contributed by atoms with Crippen LogP contribution in [0.15, 0.2) is 54.6 Å². The van der Waals surface area contributed by atoms with Crippen molar-refractivity contribution in [1.82, 2.24) is 0 Å². The molecular formula is C31H46O3. The van der Waals surface area contributed by atoms with E-state index in [1.165, 1.54) is 83.5 Å². The van der Waals surface area contributed by atoms with Crippen molar-refractivity contribution in [1.29, 1.82) is 0 Å². The van der Waals surface area contributed by atoms with Gasteiger partial charge in [0.05, 0.1) is 0 Å². The molecule has 3 nitrogen and oxygen atoms in total. The molecule has 0 aliphatic heterocycles. The van der Waals surface area contributed by atoms with Gasteiger partial charge >= 0.3 is 5.97 Å². The van der Waals surface area contributed by atoms with Crippen LogP contribution in [-0.2, 0) is 11.4 Å². The highest BCUT2D eigenvalue weighted by atomic mass is 16.5. The maximum absolute atomic E-state index is 12.1. The molecule has 34 heavy (non-hydrogen) atoms. The summed E-state index contributed by atoms with van der Waals surface area (Å²) >= 11 is 0. The van der Waals surface area contributed by atoms with E-state index in [1.54, 1.807) is 12.1 Å². The largest absolute Gasteiger partial charge is 0.489 e. The zero-order valence-corrected chi connectivity index (χ0v) is 21.4. The van der Waals surface area contributed by atoms with Crippen molar-refractivity contribution in [2.75, 3.05) is 0 Å². The first-order valence-corrected chi connectivity index (χ1v) is 13.8. The van der Waals surface area contributed by atoms with Crippen molar-refractivity contribution in [3.05, 3.63) is 60.2 Å². The van der Waals surface area contributed by atoms with Gasteiger partial charge < -0.3 is 9.47 Å². The van der Waals surface area contributed by atoms with Gasteiger partial charge in [-0.2, -0.15) is 0 Å². The molecule has 0 saturated carbocycles. The van der Waals surface area contributed by atoms with Gasteiger partial charge in [-0.1, -0.05) is 127 Å². The fourth-order valence-electron chi connectivity index (χ4n) is 4.17. The summed E-state index contributed by atoms with van der Waals surface area (Å²) in [6.07, 6.45) is 20.4. The van der Waals surface area contributed by atoms with Gasteiger partial charge in [0.25, 0.3) is 0 Å². The second kappa shape index (κ2) is 19.1. The highest BCUT2D eigenvalue weighted by Gasteiger charge is 2.05. The summed E-state index contributed by atoms with van der Waals surface area (Å²) in [5.74, 6) is 1.21. The number of carbonyl (C=O) groups is 1. The number of ether oxygens (including phenoxy) is 2. The quantitative estimate of drug-likeness (QED) is 0.111. The van der Waals surface area contributed by atoms with E-state index in [0.29, 0.717) is 18.8 Å². The lowest BCUT2D eigenvalue weighted by atomic mass is 10.0. The number of unbranched alkanes of at least 4 members (excludes halogenated alkanes) is 14. The van der Waals surface area contributed by atoms with Gasteiger partial charge in [-0.05, 0) is 36.2 Å². The predicted octanol–water partition coefficient (Wildman–Crippen LogP) is 9.43. The third-order valence-electron chi connectivity index (χ3n) is 6.29. The Morgan fingerprint density at radius 2 is 1.06 bits per heavy atom. The number of carbonyl (C=O) groups excluding carboxylic acids is 1. The standard InChI is InChI=1S/C31H46O3/c1-2-3-4-5-6-7-8-9-10-11-12-13-14-15-19-22-31(32)34-30-25-23-29(24-26-30)33-27-28-20-17-16-18-21-28/h16-18,20-21,23-26H,2-15,19,22,27H2,1H3. The van der Waals surface area contributed by atoms with Gasteiger partial charge in [-0.25, -0.2) is 0 Å². The molecule has 0 aliphatic carbocycles. The first kappa shape index (κ1) is 28.0. The van der Waals surface area contributed by atoms with Crippen LogP contribution in [0, 0.1) is 0 Å². The molecule has 188 valence electrons. The molecule has 0 N–H and O–H groups in total. The molecule has 0 radical (unpaired) electrons. The zero-order chi connectivity index (χ0) is 24.1. The fourth-order valence-corrected chi connectivity index (χ4v) is 4.17. The Hall–Kier alpha value is -2.29. The highest BCUT2D eigenvalue weighted by molar-refractivity contribution is 5.72. The van der Waals surface area contributed by atoms with Crippen LogP contribution in [0.25, 0.3) is 0 Å². The maximum atomic E-state index is 12.1. The van der Waals surface area contributed by atoms with Gasteiger partial charge in [0.15, 0.2) is 0 Å². The number of benzene rings is 2. The number of rotatable bonds is 20. The number of hydrogen-bond acceptors (Lipinski definition) is 3. The van der Waals surface area contributed by atoms with Crippen LogP contribution < -0.4 is 9.47 Å². The van der Waals surface area contributed by atoms with Crippen molar-refractivity contribution in [2.24, 2.45) is 0 Å². The van der Waals surface area contributed by atoms with Crippen LogP contribution in [0.2, 0.25) is 0 Å². The topological polar surface area (TPSA) is 35.5 Å². The summed E-state index contributed by atoms with van der Waals surface area (Å²) in [4.78, 5) is 12.1. The molecule has 0 spiro atoms. The summed E-state index contributed by atoms with van der Waals surface area (Å²) in [5, 5.41) is 0. The highest BCUT2D eigenvalue weighted by Crippen LogP contribution is 2.20. The van der Waals surface area contributed by atoms with Crippen molar-refractivity contribution in [2.45, 2.75) is 116 Å². The van der Waals surface area contributed by atoms with E-state index in [0.717, 1.165) is 24.2 Å². The van der Waals surface area contributed by atoms with Crippen LogP contribution >= 0.6 is 0 Å². The second-order valence-electron chi connectivity index (χ2n) is 9.42. The molecule has 2 aromatic carbocycles. The minimum Gasteiger partial charge on any atom is -0.489 e. The summed E-state index contributed by atoms with van der Waals surface area (Å²) in [6.45, 7) is 2.80. The lowest BCUT2D eigenvalue weighted by Crippen LogP contribution is -2.07. The van der Waals surface area contributed by atoms with E-state index in [4.69, 9.17) is 9.47 Å². The Morgan fingerprint density at radius 3 is 1.59 bits per heavy atom. The first-order valence-electron chi connectivity index (χ1n) is 13.8. The molecule has 2 aromatic rings. The van der Waals surface area contributed by atoms with Gasteiger partial charge in [0.2, 0.25) is 0 Å². The summed E-state index contributed by atoms with van der Waals surface area (Å²) in [7, 11) is 0. The molecule has 0 unspecified atom stereocenters. The van der Waals surface area contributed by atoms with Gasteiger partial charge in [0.1, 0.15) is 18.1 Å². The average Bonchev–Trinajstić information content (AvgIpc) is 2.86. The maximum Gasteiger partial charge on any atom is 0.311 e. The minimum atomic E-state index is -0.146. The Labute approximate surface area is 208 Å². The number of esters is 1. The SMILES string of the molecule is CCCCCCCCCCCCCCCCCC(=O)Oc1ccc(OCc2ccccc2)cc1. The molecule has 0 aliphatic rings. The Kier molecular flexibility index (Phi) is 15.7. The first-order chi connectivity index (χ1) is 16.8. The third-order valence-corrected chi connectivity index (χ3v) is 6.29. The van der Waals surface area contributed by atoms with Gasteiger partial charge in [-0.15, -0.1) is 0 Å². The number of hydrogen-bond donors (Lipinski definition) is 0. The van der Waals surface area contributed by atoms with Gasteiger partial charge in [0, 0.05) is 6.42 Å². The Balaban J connectivity index is 1.40. The van der Waals surface area contributed by atoms with E-state index < -0.39 is 0 Å². The van der Waals surface area contributed by atoms with Crippen LogP contribution in [0.4, 0.5) is 0 Å². The van der Waals surface area contributed by atoms with Crippen molar-refractivity contribution in [3.8, 4) is 11.5 Å². The van der Waals surface area contributed by atoms with Crippen molar-refractivity contribution >= 4 is 5.97 Å². The van der Waals surface area contributed by atoms with Crippen molar-refractivity contribution in [3.63, 3.8) is 0 Å². The normalized spacial score (nSPS) is 10.9. The molecule has 0 saturated heterocycles. The molecule has 0 bridgehead atoms. The molecule has 3 heteroatoms. The van der Waals surface area contributed by atoms with E-state index in [1.807, 2.05) is 42.5 Å². The fraction of sp³-hybridized carbons (Fsp3) is 0.581. The van der Waals surface area contributed by atoms with E-state index in [9.17, 15) is 4.79 Å². The monoisotopic (exact) mass is 466 g/mol. The molecule has 2 rings (SSSR count). The predicted molar refractivity (Wildman–Crippen MR) is 142 cm³/mol. The van der Waals surface area contributed by atoms with Crippen LogP contribution in [0.1, 0.15) is 115 Å². The zero-order valence-electron chi connectivity index (χ0n) is 21.4. The van der Waals surface area contributed by atoms with E-state index >= 15 is 0 Å². The molecule has 0 heterocycles. The molecule has 0 amide bonds. The Morgan fingerprint density at radius 1 is 0.588 bits per heavy atom. The molecule has 0 fully saturated rings. The lowest BCUT2D eigenvalue weighted by Gasteiger charge is -2.08. The van der Waals surface area contributed by atoms with Crippen LogP contribution in [-0.4, -0.2) is 5.97 Å². The summed E-state index contributed by atoms with van der Waals surface area (Å²) in [6, 6.07) is 17.3. The smallest absolute Gasteiger partial charge is 0.311 e. The summed E-state index contributed by atoms with van der Waals surface area (Å²) in [5.41, 5.74) is 1.13. The molecular weight excluding hydrogens is 420 g/mol. The third kappa shape index (κ3) is 14.1. The van der Waals surface area contributed by atoms with Gasteiger partial charge in [-0.3, -0.25) is 4.79 Å². The van der Waals surface area contributed by atoms with Crippen LogP contribution in [0.5, 0.6) is 11.5 Å². The molecule has 0 atom stereocenters. The average molecular weight is 467 g/mol.